The van der Waals surface area contributed by atoms with Gasteiger partial charge >= 0.3 is 29.8 Å². The van der Waals surface area contributed by atoms with E-state index >= 15 is 0 Å². The Bertz CT molecular complexity index is 3870. The van der Waals surface area contributed by atoms with Crippen molar-refractivity contribution in [3.63, 3.8) is 0 Å². The molecule has 16 fully saturated rings. The number of nitriles is 1. The molecular formula is C101H140N4O12. The number of ketones is 1. The number of aliphatic imine (C=N–C) groups is 1. The molecule has 0 aliphatic heterocycles. The van der Waals surface area contributed by atoms with Gasteiger partial charge in [-0.05, 0) is 370 Å². The lowest BCUT2D eigenvalue weighted by Crippen LogP contribution is -2.31. The van der Waals surface area contributed by atoms with Gasteiger partial charge in [0, 0.05) is 30.6 Å². The second kappa shape index (κ2) is 40.0. The summed E-state index contributed by atoms with van der Waals surface area (Å²) in [5.74, 6) is 11.5. The Balaban J connectivity index is 0.000000124. The van der Waals surface area contributed by atoms with E-state index in [1.807, 2.05) is 24.3 Å². The van der Waals surface area contributed by atoms with Crippen molar-refractivity contribution in [1.82, 2.24) is 0 Å². The van der Waals surface area contributed by atoms with Gasteiger partial charge in [0.2, 0.25) is 12.1 Å². The first-order chi connectivity index (χ1) is 56.3. The highest BCUT2D eigenvalue weighted by molar-refractivity contribution is 5.93. The first-order valence-corrected chi connectivity index (χ1v) is 46.1. The molecule has 16 aliphatic rings. The van der Waals surface area contributed by atoms with Crippen molar-refractivity contribution in [1.29, 1.82) is 5.26 Å². The minimum absolute atomic E-state index is 0.0268. The van der Waals surface area contributed by atoms with Crippen LogP contribution >= 0.6 is 0 Å². The van der Waals surface area contributed by atoms with Crippen LogP contribution in [0.4, 0.5) is 0 Å². The number of aliphatic carboxylic acids is 3. The topological polar surface area (TPSA) is 265 Å². The van der Waals surface area contributed by atoms with E-state index in [1.54, 1.807) is 18.6 Å². The van der Waals surface area contributed by atoms with E-state index in [2.05, 4.69) is 103 Å². The van der Waals surface area contributed by atoms with E-state index in [1.165, 1.54) is 172 Å². The Kier molecular flexibility index (Phi) is 30.4. The lowest BCUT2D eigenvalue weighted by atomic mass is 9.74. The first-order valence-electron chi connectivity index (χ1n) is 46.1. The van der Waals surface area contributed by atoms with Crippen LogP contribution in [0.15, 0.2) is 107 Å². The Hall–Kier alpha value is -7.26. The van der Waals surface area contributed by atoms with E-state index in [9.17, 15) is 38.7 Å². The average molecular weight is 1600 g/mol. The monoisotopic (exact) mass is 1600 g/mol. The molecule has 23 atom stereocenters. The minimum Gasteiger partial charge on any atom is -0.481 e. The number of nitrogens with two attached hydrogens (primary N) is 1. The highest BCUT2D eigenvalue weighted by Gasteiger charge is 2.56. The van der Waals surface area contributed by atoms with Gasteiger partial charge in [-0.3, -0.25) is 24.0 Å². The number of ether oxygens (including phenoxy) is 2. The number of benzene rings is 3. The molecule has 16 heteroatoms. The maximum atomic E-state index is 11.5. The van der Waals surface area contributed by atoms with Crippen LogP contribution in [0.3, 0.4) is 0 Å². The molecule has 3 aromatic carbocycles. The minimum atomic E-state index is -0.688. The lowest BCUT2D eigenvalue weighted by Gasteiger charge is -2.29. The van der Waals surface area contributed by atoms with Crippen LogP contribution in [-0.4, -0.2) is 89.9 Å². The molecular weight excluding hydrogens is 1460 g/mol. The third-order valence-electron chi connectivity index (χ3n) is 33.9. The molecule has 117 heavy (non-hydrogen) atoms. The summed E-state index contributed by atoms with van der Waals surface area (Å²) in [6.07, 6.45) is 48.3. The molecule has 0 amide bonds. The number of allylic oxidation sites excluding steroid dienone is 1. The number of carbonyl (C=O) groups is 6. The summed E-state index contributed by atoms with van der Waals surface area (Å²) >= 11 is 0. The molecule has 16 nitrogen and oxygen atoms in total. The fourth-order valence-corrected chi connectivity index (χ4v) is 26.1. The van der Waals surface area contributed by atoms with Crippen molar-refractivity contribution in [2.24, 2.45) is 138 Å². The van der Waals surface area contributed by atoms with Crippen molar-refractivity contribution >= 4 is 41.7 Å². The van der Waals surface area contributed by atoms with Gasteiger partial charge in [0.05, 0.1) is 45.9 Å². The maximum absolute atomic E-state index is 11.5. The molecule has 0 bridgehead atoms. The molecule has 0 saturated heterocycles. The predicted octanol–water partition coefficient (Wildman–Crippen LogP) is 21.5. The second-order valence-corrected chi connectivity index (χ2v) is 40.8. The molecule has 16 saturated carbocycles. The fraction of sp³-hybridized carbons (Fsp3) is 0.713. The number of Topliss-reactive ketones (excluding diaryl/α,β-unsaturated/α-hetero) is 1. The third kappa shape index (κ3) is 22.1. The number of carboxylic acid groups (broad SMARTS) is 3. The first kappa shape index (κ1) is 89.0. The van der Waals surface area contributed by atoms with Crippen LogP contribution in [-0.2, 0) is 62.3 Å². The molecule has 19 rings (SSSR count). The fourth-order valence-electron chi connectivity index (χ4n) is 26.1. The largest absolute Gasteiger partial charge is 0.481 e. The molecule has 3 aromatic rings. The average Bonchev–Trinajstić information content (AvgIpc) is 1.56. The zero-order valence-electron chi connectivity index (χ0n) is 71.5. The Morgan fingerprint density at radius 1 is 0.479 bits per heavy atom. The van der Waals surface area contributed by atoms with Gasteiger partial charge in [0.25, 0.3) is 0 Å². The number of carboxylic acids is 3. The normalized spacial score (nSPS) is 37.0. The molecule has 7 unspecified atom stereocenters. The summed E-state index contributed by atoms with van der Waals surface area (Å²) in [6.45, 7) is 17.2. The van der Waals surface area contributed by atoms with Crippen LogP contribution in [0.2, 0.25) is 0 Å². The van der Waals surface area contributed by atoms with Crippen LogP contribution < -0.4 is 5.73 Å². The molecule has 0 heterocycles. The summed E-state index contributed by atoms with van der Waals surface area (Å²) in [7, 11) is 1.41. The summed E-state index contributed by atoms with van der Waals surface area (Å²) in [6, 6.07) is 34.4. The van der Waals surface area contributed by atoms with Gasteiger partial charge in [0.1, 0.15) is 17.4 Å². The smallest absolute Gasteiger partial charge is 0.348 e. The Morgan fingerprint density at radius 2 is 0.803 bits per heavy atom. The number of rotatable bonds is 22. The quantitative estimate of drug-likeness (QED) is 0.0182. The zero-order valence-corrected chi connectivity index (χ0v) is 71.5. The van der Waals surface area contributed by atoms with Crippen LogP contribution in [0, 0.1) is 145 Å². The molecule has 636 valence electrons. The SMILES string of the molecule is CCC1(CC(=O)O)C[C@H]2CC[C@H]2C1.CCC1(Cc2ccccc2)C[C@H]2CC[C@H]2C1.CCOC(=O)C(C#N)=C1C[C@H]2CC[C@H]2C1.COC(=O)CC1(CN=C=O)C[C@H]2CC[C@H]2C1.NCC1(CC(=O)O)C[C@H]2CC[C@H]2C1.O=C(O)CC1(Cc2ccccc2)C[C@H]2CC[C@H]2C1.O=C1C[C@H]2CC[C@H]2C1.[C-]#[N+]C(C)C1(Cc2ccccc2)C[C@H]2CC[C@H]2C1. The summed E-state index contributed by atoms with van der Waals surface area (Å²) in [5.41, 5.74) is 12.2. The van der Waals surface area contributed by atoms with Crippen molar-refractivity contribution in [2.45, 2.75) is 297 Å². The van der Waals surface area contributed by atoms with Gasteiger partial charge < -0.3 is 35.4 Å². The number of isocyanates is 1. The number of nitrogens with zero attached hydrogens (tertiary/aromatic N) is 3. The molecule has 0 radical (unpaired) electrons. The Labute approximate surface area is 699 Å². The van der Waals surface area contributed by atoms with Crippen molar-refractivity contribution in [3.8, 4) is 6.07 Å². The Morgan fingerprint density at radius 3 is 1.13 bits per heavy atom. The number of methoxy groups -OCH3 is 1. The lowest BCUT2D eigenvalue weighted by molar-refractivity contribution is -0.143. The third-order valence-corrected chi connectivity index (χ3v) is 33.9. The van der Waals surface area contributed by atoms with Crippen molar-refractivity contribution in [2.75, 3.05) is 26.8 Å². The summed E-state index contributed by atoms with van der Waals surface area (Å²) < 4.78 is 9.61. The second-order valence-electron chi connectivity index (χ2n) is 40.8. The van der Waals surface area contributed by atoms with E-state index in [4.69, 9.17) is 37.3 Å². The van der Waals surface area contributed by atoms with Crippen LogP contribution in [0.25, 0.3) is 4.85 Å². The molecule has 16 aliphatic carbocycles. The maximum Gasteiger partial charge on any atom is 0.348 e. The molecule has 5 N–H and O–H groups in total. The summed E-state index contributed by atoms with van der Waals surface area (Å²) in [5, 5.41) is 35.8. The van der Waals surface area contributed by atoms with Gasteiger partial charge in [0.15, 0.2) is 0 Å². The number of carbonyl (C=O) groups excluding carboxylic acids is 4. The molecule has 0 aromatic heterocycles. The zero-order chi connectivity index (χ0) is 83.1. The van der Waals surface area contributed by atoms with Gasteiger partial charge in [-0.15, -0.1) is 0 Å². The van der Waals surface area contributed by atoms with Crippen molar-refractivity contribution in [3.05, 3.63) is 130 Å². The van der Waals surface area contributed by atoms with Gasteiger partial charge in [-0.1, -0.05) is 111 Å². The highest BCUT2D eigenvalue weighted by atomic mass is 16.5. The van der Waals surface area contributed by atoms with E-state index in [0.717, 1.165) is 184 Å². The van der Waals surface area contributed by atoms with Gasteiger partial charge in [-0.2, -0.15) is 5.26 Å². The van der Waals surface area contributed by atoms with Crippen LogP contribution in [0.1, 0.15) is 288 Å². The van der Waals surface area contributed by atoms with E-state index in [0.29, 0.717) is 50.2 Å². The number of esters is 2. The highest BCUT2D eigenvalue weighted by Crippen LogP contribution is 2.63. The standard InChI is InChI=1S/C17H21N.C16H20O2.C16H22.C12H17NO3.C12H15NO2.C11H18O2.C10H17NO2.C7H10O/c1-13(18-2)17(10-14-6-4-3-5-7-14)11-15-8-9-16(15)12-17;17-15(18)11-16(8-12-4-2-1-3-5-12)9-13-6-7-14(13)10-16;1-2-16(10-13-6-4-3-5-7-13)11-14-8-9-15(14)12-16;1-16-11(15)6-12(7-13-8-14)4-9-2-3-10(9)5-12;1-2-15-12(14)11(7-13)10-5-8-3-4-9(8)6-10;1-2-11(7-10(12)13)5-8-3-4-9(8)6-11;11-6-10(5-9(12)13)3-7-1-2-8(7)4-10;8-7-3-5-1-2-6(5)4-7/h3-7,13,15-16H,8-12H2,1H3;1-5,13-14H,6-11H2,(H,17,18);3-7,14-15H,2,8-12H2,1H3;9-10H,2-7H2,1H3;8-9H,2-6H2,1H3;8-9H,2-7H2,1H3,(H,12,13);7-8H,1-6,11H2,(H,12,13);5-6H,1-4H2/t13?,15-,16+,17?;13-,14+,16?;14-,15+,16?;9-,10+,12?;8-,9+;8-,9+,11?;7-,8+,10?;5-,6+. The van der Waals surface area contributed by atoms with Crippen molar-refractivity contribution < 1.29 is 58.4 Å². The molecule has 0 spiro atoms. The van der Waals surface area contributed by atoms with Gasteiger partial charge in [-0.25, -0.2) is 21.2 Å². The van der Waals surface area contributed by atoms with Crippen LogP contribution in [0.5, 0.6) is 0 Å². The van der Waals surface area contributed by atoms with E-state index < -0.39 is 23.9 Å². The van der Waals surface area contributed by atoms with E-state index in [-0.39, 0.29) is 51.1 Å². The number of fused-ring (bicyclic) bond motifs is 8. The predicted molar refractivity (Wildman–Crippen MR) is 455 cm³/mol. The number of hydrogen-bond donors (Lipinski definition) is 4. The summed E-state index contributed by atoms with van der Waals surface area (Å²) in [4.78, 5) is 84.1. The number of hydrogen-bond acceptors (Lipinski definition) is 12.